The molecular formula is C6H14N4O. The number of nitrogens with one attached hydrogen (secondary N) is 2. The first-order valence-corrected chi connectivity index (χ1v) is 3.72. The Morgan fingerprint density at radius 2 is 2.09 bits per heavy atom. The van der Waals surface area contributed by atoms with E-state index >= 15 is 0 Å². The summed E-state index contributed by atoms with van der Waals surface area (Å²) in [5.74, 6) is -0.0509. The van der Waals surface area contributed by atoms with E-state index in [1.807, 2.05) is 0 Å². The molecule has 0 aromatic heterocycles. The lowest BCUT2D eigenvalue weighted by Gasteiger charge is -2.13. The summed E-state index contributed by atoms with van der Waals surface area (Å²) in [4.78, 5) is 11.2. The van der Waals surface area contributed by atoms with Crippen LogP contribution in [0.1, 0.15) is 0 Å². The van der Waals surface area contributed by atoms with E-state index in [0.717, 1.165) is 13.1 Å². The lowest BCUT2D eigenvalue weighted by atomic mass is 10.1. The molecule has 0 amide bonds. The molecule has 5 heteroatoms. The van der Waals surface area contributed by atoms with Crippen molar-refractivity contribution in [3.05, 3.63) is 0 Å². The van der Waals surface area contributed by atoms with Crippen molar-refractivity contribution >= 4 is 5.78 Å². The molecule has 0 aliphatic carbocycles. The Kier molecular flexibility index (Phi) is 2.95. The summed E-state index contributed by atoms with van der Waals surface area (Å²) < 4.78 is 0. The topological polar surface area (TPSA) is 93.2 Å². The third-order valence-corrected chi connectivity index (χ3v) is 1.73. The molecular weight excluding hydrogens is 144 g/mol. The van der Waals surface area contributed by atoms with Crippen LogP contribution in [-0.2, 0) is 4.79 Å². The van der Waals surface area contributed by atoms with Crippen molar-refractivity contribution in [2.45, 2.75) is 12.2 Å². The zero-order chi connectivity index (χ0) is 8.27. The van der Waals surface area contributed by atoms with Gasteiger partial charge in [-0.1, -0.05) is 0 Å². The van der Waals surface area contributed by atoms with Gasteiger partial charge in [-0.3, -0.25) is 15.4 Å². The Hall–Kier alpha value is -0.490. The molecule has 0 spiro atoms. The van der Waals surface area contributed by atoms with E-state index in [1.54, 1.807) is 0 Å². The standard InChI is InChI=1S/C6H14N4O/c7-3-4(8)5(11)6-9-1-2-10-6/h4,6,9-10H,1-3,7-8H2. The van der Waals surface area contributed by atoms with Gasteiger partial charge in [-0.15, -0.1) is 0 Å². The van der Waals surface area contributed by atoms with Crippen molar-refractivity contribution < 1.29 is 4.79 Å². The van der Waals surface area contributed by atoms with Crippen LogP contribution in [-0.4, -0.2) is 37.6 Å². The number of hydrogen-bond donors (Lipinski definition) is 4. The maximum atomic E-state index is 11.2. The first kappa shape index (κ1) is 8.61. The molecule has 1 aliphatic rings. The Morgan fingerprint density at radius 1 is 1.55 bits per heavy atom. The van der Waals surface area contributed by atoms with Crippen LogP contribution in [0, 0.1) is 0 Å². The van der Waals surface area contributed by atoms with Crippen molar-refractivity contribution in [2.24, 2.45) is 11.5 Å². The Balaban J connectivity index is 2.39. The second kappa shape index (κ2) is 3.77. The largest absolute Gasteiger partial charge is 0.328 e. The van der Waals surface area contributed by atoms with Gasteiger partial charge in [0.1, 0.15) is 6.17 Å². The van der Waals surface area contributed by atoms with E-state index in [9.17, 15) is 4.79 Å². The van der Waals surface area contributed by atoms with E-state index in [0.29, 0.717) is 0 Å². The highest BCUT2D eigenvalue weighted by atomic mass is 16.1. The van der Waals surface area contributed by atoms with Crippen molar-refractivity contribution in [3.63, 3.8) is 0 Å². The van der Waals surface area contributed by atoms with E-state index < -0.39 is 6.04 Å². The quantitative estimate of drug-likeness (QED) is 0.360. The van der Waals surface area contributed by atoms with Crippen LogP contribution < -0.4 is 22.1 Å². The highest BCUT2D eigenvalue weighted by molar-refractivity contribution is 5.88. The van der Waals surface area contributed by atoms with Crippen LogP contribution in [0.3, 0.4) is 0 Å². The number of carbonyl (C=O) groups is 1. The van der Waals surface area contributed by atoms with Crippen LogP contribution in [0.2, 0.25) is 0 Å². The molecule has 0 aromatic rings. The molecule has 11 heavy (non-hydrogen) atoms. The summed E-state index contributed by atoms with van der Waals surface area (Å²) in [6, 6.07) is -0.543. The summed E-state index contributed by atoms with van der Waals surface area (Å²) in [5.41, 5.74) is 10.7. The molecule has 1 rings (SSSR count). The smallest absolute Gasteiger partial charge is 0.182 e. The maximum absolute atomic E-state index is 11.2. The van der Waals surface area contributed by atoms with E-state index in [2.05, 4.69) is 10.6 Å². The van der Waals surface area contributed by atoms with Crippen LogP contribution in [0.5, 0.6) is 0 Å². The third kappa shape index (κ3) is 1.97. The van der Waals surface area contributed by atoms with Crippen molar-refractivity contribution in [1.29, 1.82) is 0 Å². The van der Waals surface area contributed by atoms with Gasteiger partial charge in [0.2, 0.25) is 0 Å². The zero-order valence-corrected chi connectivity index (χ0v) is 6.34. The zero-order valence-electron chi connectivity index (χ0n) is 6.34. The fourth-order valence-corrected chi connectivity index (χ4v) is 1.04. The summed E-state index contributed by atoms with van der Waals surface area (Å²) in [7, 11) is 0. The fourth-order valence-electron chi connectivity index (χ4n) is 1.04. The van der Waals surface area contributed by atoms with E-state index in [4.69, 9.17) is 11.5 Å². The lowest BCUT2D eigenvalue weighted by Crippen LogP contribution is -2.51. The second-order valence-corrected chi connectivity index (χ2v) is 2.59. The average Bonchev–Trinajstić information content (AvgIpc) is 2.53. The number of rotatable bonds is 3. The fraction of sp³-hybridized carbons (Fsp3) is 0.833. The van der Waals surface area contributed by atoms with Gasteiger partial charge in [-0.25, -0.2) is 0 Å². The van der Waals surface area contributed by atoms with Crippen LogP contribution in [0.15, 0.2) is 0 Å². The van der Waals surface area contributed by atoms with Gasteiger partial charge in [-0.2, -0.15) is 0 Å². The van der Waals surface area contributed by atoms with Crippen LogP contribution >= 0.6 is 0 Å². The molecule has 1 unspecified atom stereocenters. The number of carbonyl (C=O) groups excluding carboxylic acids is 1. The summed E-state index contributed by atoms with van der Waals surface area (Å²) >= 11 is 0. The molecule has 0 bridgehead atoms. The first-order chi connectivity index (χ1) is 5.25. The van der Waals surface area contributed by atoms with Gasteiger partial charge in [0.05, 0.1) is 6.04 Å². The Morgan fingerprint density at radius 3 is 2.55 bits per heavy atom. The molecule has 64 valence electrons. The van der Waals surface area contributed by atoms with Crippen LogP contribution in [0.25, 0.3) is 0 Å². The highest BCUT2D eigenvalue weighted by Crippen LogP contribution is 1.90. The molecule has 0 aromatic carbocycles. The first-order valence-electron chi connectivity index (χ1n) is 3.72. The molecule has 5 nitrogen and oxygen atoms in total. The maximum Gasteiger partial charge on any atom is 0.182 e. The summed E-state index contributed by atoms with van der Waals surface area (Å²) in [5, 5.41) is 5.95. The molecule has 1 saturated heterocycles. The minimum absolute atomic E-state index is 0.0509. The van der Waals surface area contributed by atoms with Gasteiger partial charge in [0, 0.05) is 19.6 Å². The van der Waals surface area contributed by atoms with E-state index in [-0.39, 0.29) is 18.5 Å². The molecule has 0 saturated carbocycles. The third-order valence-electron chi connectivity index (χ3n) is 1.73. The molecule has 6 N–H and O–H groups in total. The predicted molar refractivity (Wildman–Crippen MR) is 41.8 cm³/mol. The molecule has 0 radical (unpaired) electrons. The molecule has 1 fully saturated rings. The Bertz CT molecular complexity index is 144. The van der Waals surface area contributed by atoms with Gasteiger partial charge in [-0.05, 0) is 0 Å². The van der Waals surface area contributed by atoms with Gasteiger partial charge >= 0.3 is 0 Å². The minimum Gasteiger partial charge on any atom is -0.328 e. The molecule has 1 heterocycles. The van der Waals surface area contributed by atoms with Crippen molar-refractivity contribution in [2.75, 3.05) is 19.6 Å². The average molecular weight is 158 g/mol. The van der Waals surface area contributed by atoms with Crippen molar-refractivity contribution in [1.82, 2.24) is 10.6 Å². The molecule has 1 atom stereocenters. The molecule has 1 aliphatic heterocycles. The summed E-state index contributed by atoms with van der Waals surface area (Å²) in [6.07, 6.45) is -0.284. The van der Waals surface area contributed by atoms with Gasteiger partial charge < -0.3 is 11.5 Å². The summed E-state index contributed by atoms with van der Waals surface area (Å²) in [6.45, 7) is 1.83. The normalized spacial score (nSPS) is 22.0. The Labute approximate surface area is 65.5 Å². The SMILES string of the molecule is NCC(N)C(=O)C1NCCN1. The number of Topliss-reactive ketones (excluding diaryl/α,β-unsaturated/α-hetero) is 1. The second-order valence-electron chi connectivity index (χ2n) is 2.59. The number of nitrogens with two attached hydrogens (primary N) is 2. The minimum atomic E-state index is -0.543. The predicted octanol–water partition coefficient (Wildman–Crippen LogP) is -2.64. The van der Waals surface area contributed by atoms with E-state index in [1.165, 1.54) is 0 Å². The van der Waals surface area contributed by atoms with Gasteiger partial charge in [0.25, 0.3) is 0 Å². The van der Waals surface area contributed by atoms with Crippen molar-refractivity contribution in [3.8, 4) is 0 Å². The van der Waals surface area contributed by atoms with Gasteiger partial charge in [0.15, 0.2) is 5.78 Å². The number of ketones is 1. The number of hydrogen-bond acceptors (Lipinski definition) is 5. The monoisotopic (exact) mass is 158 g/mol. The van der Waals surface area contributed by atoms with Crippen LogP contribution in [0.4, 0.5) is 0 Å². The highest BCUT2D eigenvalue weighted by Gasteiger charge is 2.25. The lowest BCUT2D eigenvalue weighted by molar-refractivity contribution is -0.122.